The van der Waals surface area contributed by atoms with Gasteiger partial charge in [-0.3, -0.25) is 4.79 Å². The highest BCUT2D eigenvalue weighted by molar-refractivity contribution is 7.91. The summed E-state index contributed by atoms with van der Waals surface area (Å²) in [6.45, 7) is 0. The van der Waals surface area contributed by atoms with Gasteiger partial charge in [0.1, 0.15) is 21.3 Å². The van der Waals surface area contributed by atoms with E-state index in [2.05, 4.69) is 5.16 Å². The van der Waals surface area contributed by atoms with Crippen LogP contribution < -0.4 is 0 Å². The average Bonchev–Trinajstić information content (AvgIpc) is 2.69. The van der Waals surface area contributed by atoms with Crippen molar-refractivity contribution in [1.82, 2.24) is 5.16 Å². The van der Waals surface area contributed by atoms with Crippen LogP contribution in [-0.2, 0) is 16.3 Å². The van der Waals surface area contributed by atoms with Gasteiger partial charge in [-0.05, 0) is 18.8 Å². The minimum atomic E-state index is -2.81. The lowest BCUT2D eigenvalue weighted by atomic mass is 9.97. The molecule has 1 saturated heterocycles. The Labute approximate surface area is 93.7 Å². The highest BCUT2D eigenvalue weighted by Gasteiger charge is 2.24. The fourth-order valence-electron chi connectivity index (χ4n) is 1.91. The Hall–Kier alpha value is -1.17. The molecule has 2 heterocycles. The van der Waals surface area contributed by atoms with Crippen molar-refractivity contribution in [3.05, 3.63) is 17.5 Å². The van der Waals surface area contributed by atoms with Gasteiger partial charge in [0, 0.05) is 12.5 Å². The number of hydrogen-bond acceptors (Lipinski definition) is 5. The van der Waals surface area contributed by atoms with Gasteiger partial charge in [-0.25, -0.2) is 8.42 Å². The monoisotopic (exact) mass is 243 g/mol. The average molecular weight is 243 g/mol. The molecule has 0 bridgehead atoms. The molecule has 1 aliphatic rings. The number of carbonyl (C=O) groups excluding carboxylic acids is 1. The third-order valence-corrected chi connectivity index (χ3v) is 4.58. The van der Waals surface area contributed by atoms with Crippen LogP contribution in [0.1, 0.15) is 29.1 Å². The Morgan fingerprint density at radius 3 is 2.69 bits per heavy atom. The lowest BCUT2D eigenvalue weighted by Gasteiger charge is -2.20. The summed E-state index contributed by atoms with van der Waals surface area (Å²) in [6.07, 6.45) is 2.63. The summed E-state index contributed by atoms with van der Waals surface area (Å²) in [7, 11) is -2.81. The van der Waals surface area contributed by atoms with E-state index in [1.807, 2.05) is 0 Å². The van der Waals surface area contributed by atoms with E-state index in [1.54, 1.807) is 6.07 Å². The summed E-state index contributed by atoms with van der Waals surface area (Å²) in [5.74, 6) is 1.49. The first-order valence-corrected chi connectivity index (χ1v) is 7.02. The number of aromatic nitrogens is 1. The Morgan fingerprint density at radius 2 is 2.12 bits per heavy atom. The van der Waals surface area contributed by atoms with Crippen molar-refractivity contribution in [3.8, 4) is 0 Å². The van der Waals surface area contributed by atoms with Gasteiger partial charge < -0.3 is 4.52 Å². The zero-order chi connectivity index (χ0) is 11.6. The fourth-order valence-corrected chi connectivity index (χ4v) is 3.50. The Morgan fingerprint density at radius 1 is 1.44 bits per heavy atom. The van der Waals surface area contributed by atoms with Crippen molar-refractivity contribution < 1.29 is 17.7 Å². The molecule has 1 aromatic rings. The van der Waals surface area contributed by atoms with Crippen LogP contribution in [0.5, 0.6) is 0 Å². The molecule has 0 N–H and O–H groups in total. The van der Waals surface area contributed by atoms with Crippen molar-refractivity contribution in [3.63, 3.8) is 0 Å². The van der Waals surface area contributed by atoms with E-state index in [0.29, 0.717) is 42.9 Å². The van der Waals surface area contributed by atoms with E-state index in [9.17, 15) is 13.2 Å². The lowest BCUT2D eigenvalue weighted by Crippen LogP contribution is -2.24. The first-order chi connectivity index (χ1) is 7.59. The van der Waals surface area contributed by atoms with Gasteiger partial charge in [-0.15, -0.1) is 0 Å². The standard InChI is InChI=1S/C10H13NO4S/c12-7-9-6-10(15-11-9)5-8-1-3-16(13,14)4-2-8/h6-8H,1-5H2. The SMILES string of the molecule is O=Cc1cc(CC2CCS(=O)(=O)CC2)on1. The Balaban J connectivity index is 1.94. The Bertz CT molecular complexity index is 463. The van der Waals surface area contributed by atoms with E-state index >= 15 is 0 Å². The molecule has 88 valence electrons. The number of hydrogen-bond donors (Lipinski definition) is 0. The fraction of sp³-hybridized carbons (Fsp3) is 0.600. The molecule has 0 radical (unpaired) electrons. The molecule has 5 nitrogen and oxygen atoms in total. The van der Waals surface area contributed by atoms with Crippen LogP contribution in [0.2, 0.25) is 0 Å². The van der Waals surface area contributed by atoms with Gasteiger partial charge in [0.05, 0.1) is 11.5 Å². The lowest BCUT2D eigenvalue weighted by molar-refractivity contribution is 0.111. The number of carbonyl (C=O) groups is 1. The van der Waals surface area contributed by atoms with Gasteiger partial charge in [0.2, 0.25) is 0 Å². The summed E-state index contributed by atoms with van der Waals surface area (Å²) < 4.78 is 27.4. The van der Waals surface area contributed by atoms with Crippen molar-refractivity contribution in [2.45, 2.75) is 19.3 Å². The van der Waals surface area contributed by atoms with E-state index < -0.39 is 9.84 Å². The third-order valence-electron chi connectivity index (χ3n) is 2.86. The second kappa shape index (κ2) is 4.37. The summed E-state index contributed by atoms with van der Waals surface area (Å²) >= 11 is 0. The van der Waals surface area contributed by atoms with Gasteiger partial charge in [0.25, 0.3) is 0 Å². The topological polar surface area (TPSA) is 77.2 Å². The molecule has 0 spiro atoms. The molecule has 0 atom stereocenters. The molecule has 0 amide bonds. The minimum Gasteiger partial charge on any atom is -0.361 e. The molecule has 0 aromatic carbocycles. The van der Waals surface area contributed by atoms with Crippen LogP contribution in [0.25, 0.3) is 0 Å². The number of aldehydes is 1. The van der Waals surface area contributed by atoms with Gasteiger partial charge >= 0.3 is 0 Å². The molecular formula is C10H13NO4S. The van der Waals surface area contributed by atoms with E-state index in [1.165, 1.54) is 0 Å². The summed E-state index contributed by atoms with van der Waals surface area (Å²) in [6, 6.07) is 1.61. The molecule has 1 aromatic heterocycles. The van der Waals surface area contributed by atoms with Crippen molar-refractivity contribution >= 4 is 16.1 Å². The van der Waals surface area contributed by atoms with Gasteiger partial charge in [0.15, 0.2) is 6.29 Å². The molecule has 0 aliphatic carbocycles. The quantitative estimate of drug-likeness (QED) is 0.736. The highest BCUT2D eigenvalue weighted by atomic mass is 32.2. The molecule has 16 heavy (non-hydrogen) atoms. The molecule has 0 saturated carbocycles. The normalized spacial score (nSPS) is 20.8. The van der Waals surface area contributed by atoms with Crippen LogP contribution in [-0.4, -0.2) is 31.4 Å². The minimum absolute atomic E-state index is 0.256. The molecule has 2 rings (SSSR count). The van der Waals surface area contributed by atoms with E-state index in [0.717, 1.165) is 0 Å². The Kier molecular flexibility index (Phi) is 3.09. The molecule has 0 unspecified atom stereocenters. The van der Waals surface area contributed by atoms with Crippen LogP contribution >= 0.6 is 0 Å². The summed E-state index contributed by atoms with van der Waals surface area (Å²) in [5.41, 5.74) is 0.290. The zero-order valence-corrected chi connectivity index (χ0v) is 9.57. The smallest absolute Gasteiger partial charge is 0.171 e. The number of nitrogens with zero attached hydrogens (tertiary/aromatic N) is 1. The van der Waals surface area contributed by atoms with Crippen LogP contribution in [0.4, 0.5) is 0 Å². The predicted octanol–water partition coefficient (Wildman–Crippen LogP) is 0.854. The highest BCUT2D eigenvalue weighted by Crippen LogP contribution is 2.23. The molecule has 6 heteroatoms. The third kappa shape index (κ3) is 2.69. The van der Waals surface area contributed by atoms with Crippen LogP contribution in [0.15, 0.2) is 10.6 Å². The predicted molar refractivity (Wildman–Crippen MR) is 57.0 cm³/mol. The number of rotatable bonds is 3. The largest absolute Gasteiger partial charge is 0.361 e. The maximum Gasteiger partial charge on any atom is 0.171 e. The second-order valence-electron chi connectivity index (χ2n) is 4.14. The van der Waals surface area contributed by atoms with Gasteiger partial charge in [-0.2, -0.15) is 0 Å². The zero-order valence-electron chi connectivity index (χ0n) is 8.76. The first-order valence-electron chi connectivity index (χ1n) is 5.20. The van der Waals surface area contributed by atoms with Crippen LogP contribution in [0.3, 0.4) is 0 Å². The maximum atomic E-state index is 11.2. The van der Waals surface area contributed by atoms with E-state index in [-0.39, 0.29) is 11.5 Å². The summed E-state index contributed by atoms with van der Waals surface area (Å²) in [5, 5.41) is 3.57. The van der Waals surface area contributed by atoms with Crippen molar-refractivity contribution in [1.29, 1.82) is 0 Å². The summed E-state index contributed by atoms with van der Waals surface area (Å²) in [4.78, 5) is 10.4. The molecule has 1 fully saturated rings. The van der Waals surface area contributed by atoms with Crippen molar-refractivity contribution in [2.24, 2.45) is 5.92 Å². The van der Waals surface area contributed by atoms with E-state index in [4.69, 9.17) is 4.52 Å². The number of sulfone groups is 1. The first kappa shape index (κ1) is 11.3. The molecule has 1 aliphatic heterocycles. The molecular weight excluding hydrogens is 230 g/mol. The van der Waals surface area contributed by atoms with Crippen LogP contribution in [0, 0.1) is 5.92 Å². The van der Waals surface area contributed by atoms with Gasteiger partial charge in [-0.1, -0.05) is 5.16 Å². The van der Waals surface area contributed by atoms with Crippen molar-refractivity contribution in [2.75, 3.05) is 11.5 Å². The maximum absolute atomic E-state index is 11.2. The second-order valence-corrected chi connectivity index (χ2v) is 6.44.